The first-order valence-corrected chi connectivity index (χ1v) is 11.2. The molecule has 3 heterocycles. The van der Waals surface area contributed by atoms with E-state index < -0.39 is 12.5 Å². The Bertz CT molecular complexity index is 736. The number of alkyl halides is 2. The summed E-state index contributed by atoms with van der Waals surface area (Å²) < 4.78 is 29.3. The van der Waals surface area contributed by atoms with Crippen molar-refractivity contribution in [1.82, 2.24) is 14.7 Å². The fourth-order valence-corrected chi connectivity index (χ4v) is 5.22. The fourth-order valence-electron chi connectivity index (χ4n) is 5.22. The third kappa shape index (κ3) is 4.15. The quantitative estimate of drug-likeness (QED) is 0.795. The zero-order valence-electron chi connectivity index (χ0n) is 17.8. The summed E-state index contributed by atoms with van der Waals surface area (Å²) in [5, 5.41) is 8.01. The normalized spacial score (nSPS) is 28.5. The Kier molecular flexibility index (Phi) is 5.60. The van der Waals surface area contributed by atoms with Crippen LogP contribution in [0.2, 0.25) is 0 Å². The fraction of sp³-hybridized carbons (Fsp3) is 0.818. The van der Waals surface area contributed by atoms with Crippen molar-refractivity contribution >= 4 is 11.7 Å². The summed E-state index contributed by atoms with van der Waals surface area (Å²) in [5.41, 5.74) is 0.636. The highest BCUT2D eigenvalue weighted by atomic mass is 19.3. The van der Waals surface area contributed by atoms with Crippen LogP contribution in [0.3, 0.4) is 0 Å². The lowest BCUT2D eigenvalue weighted by atomic mass is 9.85. The van der Waals surface area contributed by atoms with Crippen LogP contribution in [0.1, 0.15) is 77.5 Å². The van der Waals surface area contributed by atoms with E-state index in [0.717, 1.165) is 50.8 Å². The molecule has 2 fully saturated rings. The standard InChI is InChI=1S/C22H34F2N4O/c1-22(2,3)18-12-19-25-16(11-17(20(23)24)28(19)26-18)15-9-6-10-27(13-15)21(29)14-7-4-5-8-14/h12,14-17,20,25H,4-11,13H2,1-3H3/t15-,16-,17+/m0/s1. The van der Waals surface area contributed by atoms with Crippen molar-refractivity contribution < 1.29 is 13.6 Å². The van der Waals surface area contributed by atoms with Gasteiger partial charge in [0.05, 0.1) is 5.69 Å². The highest BCUT2D eigenvalue weighted by molar-refractivity contribution is 5.79. The average molecular weight is 409 g/mol. The van der Waals surface area contributed by atoms with Crippen molar-refractivity contribution in [1.29, 1.82) is 0 Å². The molecular formula is C22H34F2N4O. The minimum atomic E-state index is -2.45. The second kappa shape index (κ2) is 7.88. The maximum absolute atomic E-state index is 13.9. The molecule has 0 spiro atoms. The topological polar surface area (TPSA) is 50.2 Å². The van der Waals surface area contributed by atoms with Gasteiger partial charge in [-0.2, -0.15) is 5.10 Å². The van der Waals surface area contributed by atoms with Crippen LogP contribution in [0.15, 0.2) is 6.07 Å². The van der Waals surface area contributed by atoms with E-state index in [1.807, 2.05) is 31.7 Å². The number of anilines is 1. The van der Waals surface area contributed by atoms with Gasteiger partial charge < -0.3 is 10.2 Å². The summed E-state index contributed by atoms with van der Waals surface area (Å²) in [4.78, 5) is 14.9. The van der Waals surface area contributed by atoms with E-state index in [1.165, 1.54) is 4.68 Å². The number of carbonyl (C=O) groups excluding carboxylic acids is 1. The molecule has 1 aromatic heterocycles. The number of likely N-dealkylation sites (tertiary alicyclic amines) is 1. The van der Waals surface area contributed by atoms with E-state index in [0.29, 0.717) is 18.8 Å². The van der Waals surface area contributed by atoms with Crippen LogP contribution in [-0.2, 0) is 10.2 Å². The van der Waals surface area contributed by atoms with Gasteiger partial charge in [-0.3, -0.25) is 4.79 Å². The van der Waals surface area contributed by atoms with Gasteiger partial charge in [0, 0.05) is 36.5 Å². The van der Waals surface area contributed by atoms with Crippen molar-refractivity contribution in [3.63, 3.8) is 0 Å². The van der Waals surface area contributed by atoms with E-state index >= 15 is 0 Å². The van der Waals surface area contributed by atoms with Gasteiger partial charge in [-0.25, -0.2) is 13.5 Å². The summed E-state index contributed by atoms with van der Waals surface area (Å²) in [6.07, 6.45) is 4.13. The molecule has 1 aromatic rings. The molecule has 4 rings (SSSR count). The molecule has 1 N–H and O–H groups in total. The molecule has 2 aliphatic heterocycles. The molecule has 7 heteroatoms. The smallest absolute Gasteiger partial charge is 0.260 e. The van der Waals surface area contributed by atoms with Crippen LogP contribution >= 0.6 is 0 Å². The highest BCUT2D eigenvalue weighted by Gasteiger charge is 2.40. The van der Waals surface area contributed by atoms with Crippen LogP contribution in [-0.4, -0.2) is 46.1 Å². The lowest BCUT2D eigenvalue weighted by molar-refractivity contribution is -0.137. The highest BCUT2D eigenvalue weighted by Crippen LogP contribution is 2.38. The van der Waals surface area contributed by atoms with Crippen molar-refractivity contribution in [3.8, 4) is 0 Å². The van der Waals surface area contributed by atoms with Crippen molar-refractivity contribution in [2.24, 2.45) is 11.8 Å². The van der Waals surface area contributed by atoms with Gasteiger partial charge in [0.15, 0.2) is 0 Å². The maximum atomic E-state index is 13.9. The van der Waals surface area contributed by atoms with Crippen LogP contribution in [0.5, 0.6) is 0 Å². The number of rotatable bonds is 3. The largest absolute Gasteiger partial charge is 0.367 e. The number of carbonyl (C=O) groups is 1. The molecule has 1 saturated heterocycles. The molecule has 0 aromatic carbocycles. The average Bonchev–Trinajstić information content (AvgIpc) is 3.36. The first kappa shape index (κ1) is 20.6. The molecular weight excluding hydrogens is 374 g/mol. The lowest BCUT2D eigenvalue weighted by Gasteiger charge is -2.41. The Morgan fingerprint density at radius 3 is 2.59 bits per heavy atom. The molecule has 3 aliphatic rings. The Balaban J connectivity index is 1.51. The summed E-state index contributed by atoms with van der Waals surface area (Å²) in [5.74, 6) is 1.36. The van der Waals surface area contributed by atoms with Gasteiger partial charge in [0.25, 0.3) is 6.43 Å². The van der Waals surface area contributed by atoms with Crippen LogP contribution in [0, 0.1) is 11.8 Å². The summed E-state index contributed by atoms with van der Waals surface area (Å²) in [7, 11) is 0. The Morgan fingerprint density at radius 2 is 1.93 bits per heavy atom. The summed E-state index contributed by atoms with van der Waals surface area (Å²) >= 11 is 0. The second-order valence-electron chi connectivity index (χ2n) is 10.2. The van der Waals surface area contributed by atoms with Gasteiger partial charge in [0.1, 0.15) is 11.9 Å². The van der Waals surface area contributed by atoms with Crippen LogP contribution in [0.25, 0.3) is 0 Å². The van der Waals surface area contributed by atoms with Crippen molar-refractivity contribution in [2.45, 2.75) is 89.6 Å². The predicted molar refractivity (Wildman–Crippen MR) is 109 cm³/mol. The molecule has 1 amide bonds. The maximum Gasteiger partial charge on any atom is 0.260 e. The monoisotopic (exact) mass is 408 g/mol. The third-order valence-corrected chi connectivity index (χ3v) is 6.98. The molecule has 0 radical (unpaired) electrons. The SMILES string of the molecule is CC(C)(C)c1cc2n(n1)[C@@H](C(F)F)C[C@@H]([C@H]1CCCN(C(=O)C3CCCC3)C1)N2. The lowest BCUT2D eigenvalue weighted by Crippen LogP contribution is -2.49. The summed E-state index contributed by atoms with van der Waals surface area (Å²) in [6.45, 7) is 7.63. The number of hydrogen-bond acceptors (Lipinski definition) is 3. The molecule has 0 unspecified atom stereocenters. The molecule has 1 saturated carbocycles. The third-order valence-electron chi connectivity index (χ3n) is 6.98. The van der Waals surface area contributed by atoms with Crippen molar-refractivity contribution in [2.75, 3.05) is 18.4 Å². The van der Waals surface area contributed by atoms with E-state index in [2.05, 4.69) is 10.4 Å². The predicted octanol–water partition coefficient (Wildman–Crippen LogP) is 4.60. The second-order valence-corrected chi connectivity index (χ2v) is 10.2. The first-order valence-electron chi connectivity index (χ1n) is 11.2. The van der Waals surface area contributed by atoms with Gasteiger partial charge in [0.2, 0.25) is 5.91 Å². The van der Waals surface area contributed by atoms with E-state index in [-0.39, 0.29) is 29.2 Å². The number of nitrogens with one attached hydrogen (secondary N) is 1. The zero-order valence-corrected chi connectivity index (χ0v) is 17.8. The minimum Gasteiger partial charge on any atom is -0.367 e. The number of hydrogen-bond donors (Lipinski definition) is 1. The number of nitrogens with zero attached hydrogens (tertiary/aromatic N) is 3. The van der Waals surface area contributed by atoms with Crippen molar-refractivity contribution in [3.05, 3.63) is 11.8 Å². The number of amides is 1. The Morgan fingerprint density at radius 1 is 1.21 bits per heavy atom. The molecule has 0 bridgehead atoms. The zero-order chi connectivity index (χ0) is 20.8. The first-order chi connectivity index (χ1) is 13.7. The number of aromatic nitrogens is 2. The number of fused-ring (bicyclic) bond motifs is 1. The Hall–Kier alpha value is -1.66. The van der Waals surface area contributed by atoms with E-state index in [4.69, 9.17) is 0 Å². The molecule has 1 aliphatic carbocycles. The minimum absolute atomic E-state index is 0.0507. The molecule has 5 nitrogen and oxygen atoms in total. The van der Waals surface area contributed by atoms with Gasteiger partial charge in [-0.15, -0.1) is 0 Å². The number of halogens is 2. The van der Waals surface area contributed by atoms with E-state index in [1.54, 1.807) is 0 Å². The molecule has 162 valence electrons. The molecule has 29 heavy (non-hydrogen) atoms. The van der Waals surface area contributed by atoms with E-state index in [9.17, 15) is 13.6 Å². The molecule has 3 atom stereocenters. The van der Waals surface area contributed by atoms with Crippen LogP contribution < -0.4 is 5.32 Å². The summed E-state index contributed by atoms with van der Waals surface area (Å²) in [6, 6.07) is 0.963. The van der Waals surface area contributed by atoms with Gasteiger partial charge in [-0.05, 0) is 38.0 Å². The van der Waals surface area contributed by atoms with Crippen LogP contribution in [0.4, 0.5) is 14.6 Å². The van der Waals surface area contributed by atoms with Gasteiger partial charge >= 0.3 is 0 Å². The number of piperidine rings is 1. The Labute approximate surface area is 172 Å². The van der Waals surface area contributed by atoms with Gasteiger partial charge in [-0.1, -0.05) is 33.6 Å².